The van der Waals surface area contributed by atoms with E-state index < -0.39 is 6.10 Å². The van der Waals surface area contributed by atoms with Gasteiger partial charge in [0, 0.05) is 16.8 Å². The second kappa shape index (κ2) is 5.88. The normalized spacial score (nSPS) is 12.5. The van der Waals surface area contributed by atoms with Crippen molar-refractivity contribution in [2.24, 2.45) is 0 Å². The lowest BCUT2D eigenvalue weighted by atomic mass is 9.96. The first-order chi connectivity index (χ1) is 10.1. The number of hydrogen-bond donors (Lipinski definition) is 1. The molecule has 3 aromatic rings. The van der Waals surface area contributed by atoms with Gasteiger partial charge in [0.15, 0.2) is 0 Å². The van der Waals surface area contributed by atoms with E-state index in [0.29, 0.717) is 6.42 Å². The van der Waals surface area contributed by atoms with Crippen molar-refractivity contribution < 1.29 is 5.11 Å². The van der Waals surface area contributed by atoms with E-state index in [1.807, 2.05) is 36.4 Å². The van der Waals surface area contributed by atoms with Crippen LogP contribution in [0.4, 0.5) is 0 Å². The summed E-state index contributed by atoms with van der Waals surface area (Å²) in [5, 5.41) is 13.3. The first-order valence-corrected chi connectivity index (χ1v) is 7.44. The van der Waals surface area contributed by atoms with Gasteiger partial charge in [0.1, 0.15) is 0 Å². The van der Waals surface area contributed by atoms with Crippen molar-refractivity contribution >= 4 is 22.4 Å². The molecule has 0 aromatic heterocycles. The first-order valence-electron chi connectivity index (χ1n) is 7.06. The van der Waals surface area contributed by atoms with Crippen LogP contribution < -0.4 is 0 Å². The van der Waals surface area contributed by atoms with Gasteiger partial charge in [0.25, 0.3) is 0 Å². The smallest absolute Gasteiger partial charge is 0.0836 e. The standard InChI is InChI=1S/C19H17ClO/c1-13-6-8-14(9-7-13)12-19(21)17-10-11-18(20)16-5-3-2-4-15(16)17/h2-11,19,21H,12H2,1H3. The van der Waals surface area contributed by atoms with Crippen molar-refractivity contribution in [1.29, 1.82) is 0 Å². The fourth-order valence-electron chi connectivity index (χ4n) is 2.63. The Morgan fingerprint density at radius 1 is 0.905 bits per heavy atom. The van der Waals surface area contributed by atoms with Gasteiger partial charge in [-0.3, -0.25) is 0 Å². The van der Waals surface area contributed by atoms with E-state index in [1.165, 1.54) is 5.56 Å². The molecule has 0 saturated heterocycles. The van der Waals surface area contributed by atoms with Crippen LogP contribution in [-0.2, 0) is 6.42 Å². The van der Waals surface area contributed by atoms with Crippen molar-refractivity contribution in [2.75, 3.05) is 0 Å². The minimum Gasteiger partial charge on any atom is -0.388 e. The molecule has 106 valence electrons. The number of benzene rings is 3. The van der Waals surface area contributed by atoms with Gasteiger partial charge in [-0.1, -0.05) is 71.8 Å². The minimum absolute atomic E-state index is 0.533. The lowest BCUT2D eigenvalue weighted by Crippen LogP contribution is -2.02. The summed E-state index contributed by atoms with van der Waals surface area (Å²) in [6.45, 7) is 2.06. The SMILES string of the molecule is Cc1ccc(CC(O)c2ccc(Cl)c3ccccc23)cc1. The Hall–Kier alpha value is -1.83. The third-order valence-corrected chi connectivity index (χ3v) is 4.14. The average molecular weight is 297 g/mol. The van der Waals surface area contributed by atoms with Gasteiger partial charge < -0.3 is 5.11 Å². The Labute approximate surface area is 129 Å². The molecule has 0 heterocycles. The van der Waals surface area contributed by atoms with Gasteiger partial charge in [0.2, 0.25) is 0 Å². The molecule has 1 unspecified atom stereocenters. The number of halogens is 1. The molecule has 2 heteroatoms. The summed E-state index contributed by atoms with van der Waals surface area (Å²) < 4.78 is 0. The van der Waals surface area contributed by atoms with Gasteiger partial charge in [-0.2, -0.15) is 0 Å². The fraction of sp³-hybridized carbons (Fsp3) is 0.158. The zero-order valence-electron chi connectivity index (χ0n) is 11.9. The highest BCUT2D eigenvalue weighted by atomic mass is 35.5. The van der Waals surface area contributed by atoms with E-state index in [0.717, 1.165) is 26.9 Å². The van der Waals surface area contributed by atoms with E-state index in [2.05, 4.69) is 31.2 Å². The van der Waals surface area contributed by atoms with E-state index in [1.54, 1.807) is 0 Å². The summed E-state index contributed by atoms with van der Waals surface area (Å²) in [6.07, 6.45) is 0.0706. The van der Waals surface area contributed by atoms with Crippen LogP contribution in [0, 0.1) is 6.92 Å². The molecule has 0 aliphatic carbocycles. The molecule has 21 heavy (non-hydrogen) atoms. The molecule has 0 amide bonds. The average Bonchev–Trinajstić information content (AvgIpc) is 2.50. The lowest BCUT2D eigenvalue weighted by molar-refractivity contribution is 0.180. The molecule has 0 aliphatic rings. The second-order valence-electron chi connectivity index (χ2n) is 5.39. The van der Waals surface area contributed by atoms with Gasteiger partial charge in [-0.05, 0) is 29.5 Å². The topological polar surface area (TPSA) is 20.2 Å². The molecule has 0 spiro atoms. The quantitative estimate of drug-likeness (QED) is 0.715. The maximum absolute atomic E-state index is 10.6. The Balaban J connectivity index is 1.96. The predicted molar refractivity (Wildman–Crippen MR) is 88.8 cm³/mol. The van der Waals surface area contributed by atoms with Gasteiger partial charge in [-0.15, -0.1) is 0 Å². The van der Waals surface area contributed by atoms with Crippen LogP contribution in [0.2, 0.25) is 5.02 Å². The van der Waals surface area contributed by atoms with Crippen molar-refractivity contribution in [2.45, 2.75) is 19.4 Å². The monoisotopic (exact) mass is 296 g/mol. The zero-order valence-corrected chi connectivity index (χ0v) is 12.6. The Morgan fingerprint density at radius 2 is 1.57 bits per heavy atom. The zero-order chi connectivity index (χ0) is 14.8. The van der Waals surface area contributed by atoms with Crippen LogP contribution in [0.5, 0.6) is 0 Å². The molecule has 0 fully saturated rings. The molecule has 0 radical (unpaired) electrons. The highest BCUT2D eigenvalue weighted by Crippen LogP contribution is 2.31. The Morgan fingerprint density at radius 3 is 2.29 bits per heavy atom. The van der Waals surface area contributed by atoms with Crippen LogP contribution in [0.15, 0.2) is 60.7 Å². The van der Waals surface area contributed by atoms with Gasteiger partial charge in [-0.25, -0.2) is 0 Å². The first kappa shape index (κ1) is 14.1. The van der Waals surface area contributed by atoms with Crippen LogP contribution in [0.1, 0.15) is 22.8 Å². The second-order valence-corrected chi connectivity index (χ2v) is 5.79. The maximum atomic E-state index is 10.6. The highest BCUT2D eigenvalue weighted by molar-refractivity contribution is 6.35. The van der Waals surface area contributed by atoms with E-state index >= 15 is 0 Å². The summed E-state index contributed by atoms with van der Waals surface area (Å²) >= 11 is 6.23. The Kier molecular flexibility index (Phi) is 3.96. The summed E-state index contributed by atoms with van der Waals surface area (Å²) in [6, 6.07) is 20.0. The van der Waals surface area contributed by atoms with E-state index in [4.69, 9.17) is 11.6 Å². The molecule has 3 aromatic carbocycles. The fourth-order valence-corrected chi connectivity index (χ4v) is 2.86. The van der Waals surface area contributed by atoms with Crippen molar-refractivity contribution in [3.05, 3.63) is 82.4 Å². The van der Waals surface area contributed by atoms with E-state index in [-0.39, 0.29) is 0 Å². The van der Waals surface area contributed by atoms with Crippen LogP contribution in [0.25, 0.3) is 10.8 Å². The molecule has 0 saturated carbocycles. The molecule has 1 nitrogen and oxygen atoms in total. The van der Waals surface area contributed by atoms with E-state index in [9.17, 15) is 5.11 Å². The minimum atomic E-state index is -0.533. The third-order valence-electron chi connectivity index (χ3n) is 3.81. The summed E-state index contributed by atoms with van der Waals surface area (Å²) in [7, 11) is 0. The van der Waals surface area contributed by atoms with Crippen LogP contribution in [-0.4, -0.2) is 5.11 Å². The molecule has 0 bridgehead atoms. The third kappa shape index (κ3) is 2.94. The van der Waals surface area contributed by atoms with Gasteiger partial charge in [0.05, 0.1) is 6.10 Å². The van der Waals surface area contributed by atoms with Crippen molar-refractivity contribution in [3.63, 3.8) is 0 Å². The number of rotatable bonds is 3. The maximum Gasteiger partial charge on any atom is 0.0836 e. The molecular weight excluding hydrogens is 280 g/mol. The Bertz CT molecular complexity index is 762. The summed E-state index contributed by atoms with van der Waals surface area (Å²) in [5.74, 6) is 0. The summed E-state index contributed by atoms with van der Waals surface area (Å²) in [5.41, 5.74) is 3.29. The largest absolute Gasteiger partial charge is 0.388 e. The number of aliphatic hydroxyl groups is 1. The van der Waals surface area contributed by atoms with Crippen LogP contribution >= 0.6 is 11.6 Å². The molecule has 3 rings (SSSR count). The number of fused-ring (bicyclic) bond motifs is 1. The molecule has 0 aliphatic heterocycles. The predicted octanol–water partition coefficient (Wildman–Crippen LogP) is 5.08. The number of hydrogen-bond acceptors (Lipinski definition) is 1. The summed E-state index contributed by atoms with van der Waals surface area (Å²) in [4.78, 5) is 0. The lowest BCUT2D eigenvalue weighted by Gasteiger charge is -2.15. The van der Waals surface area contributed by atoms with Crippen molar-refractivity contribution in [3.8, 4) is 0 Å². The number of aliphatic hydroxyl groups excluding tert-OH is 1. The molecular formula is C19H17ClO. The highest BCUT2D eigenvalue weighted by Gasteiger charge is 2.13. The number of aryl methyl sites for hydroxylation is 1. The van der Waals surface area contributed by atoms with Crippen LogP contribution in [0.3, 0.4) is 0 Å². The van der Waals surface area contributed by atoms with Gasteiger partial charge >= 0.3 is 0 Å². The van der Waals surface area contributed by atoms with Crippen molar-refractivity contribution in [1.82, 2.24) is 0 Å². The molecule has 1 N–H and O–H groups in total. The molecule has 1 atom stereocenters.